The van der Waals surface area contributed by atoms with Gasteiger partial charge >= 0.3 is 0 Å². The first-order chi connectivity index (χ1) is 6.20. The molecule has 0 spiro atoms. The Kier molecular flexibility index (Phi) is 1.52. The Labute approximate surface area is 74.0 Å². The van der Waals surface area contributed by atoms with E-state index >= 15 is 0 Å². The summed E-state index contributed by atoms with van der Waals surface area (Å²) in [5, 5.41) is 0. The molecule has 1 N–H and O–H groups in total. The number of imidazole rings is 1. The average Bonchev–Trinajstić information content (AvgIpc) is 2.42. The molecular weight excluding hydrogens is 169 g/mol. The molecule has 1 heterocycles. The van der Waals surface area contributed by atoms with Crippen LogP contribution in [0.3, 0.4) is 0 Å². The first-order valence-corrected chi connectivity index (χ1v) is 3.74. The number of hydrogen-bond acceptors (Lipinski definition) is 1. The van der Waals surface area contributed by atoms with Crippen LogP contribution in [-0.4, -0.2) is 9.97 Å². The maximum Gasteiger partial charge on any atom is 0.224 e. The summed E-state index contributed by atoms with van der Waals surface area (Å²) in [5.41, 5.74) is 1.28. The Morgan fingerprint density at radius 2 is 2.31 bits per heavy atom. The van der Waals surface area contributed by atoms with Crippen molar-refractivity contribution < 1.29 is 4.39 Å². The van der Waals surface area contributed by atoms with Crippen LogP contribution >= 0.6 is 0 Å². The second-order valence-corrected chi connectivity index (χ2v) is 2.75. The van der Waals surface area contributed by atoms with Crippen LogP contribution in [0.4, 0.5) is 10.1 Å². The molecule has 0 fully saturated rings. The van der Waals surface area contributed by atoms with Crippen LogP contribution in [0.15, 0.2) is 12.1 Å². The number of nitrogens with one attached hydrogen (secondary N) is 1. The molecule has 64 valence electrons. The molecule has 0 saturated heterocycles. The van der Waals surface area contributed by atoms with E-state index in [2.05, 4.69) is 14.8 Å². The van der Waals surface area contributed by atoms with Crippen molar-refractivity contribution in [2.75, 3.05) is 0 Å². The molecule has 0 aliphatic rings. The summed E-state index contributed by atoms with van der Waals surface area (Å²) >= 11 is 0. The second-order valence-electron chi connectivity index (χ2n) is 2.75. The standard InChI is InChI=1S/C9H6FN3/c1-5-12-8-3-6(10)7(11-2)4-9(8)13-5/h3-4H,1H3,(H,12,13). The Bertz CT molecular complexity index is 507. The third-order valence-corrected chi connectivity index (χ3v) is 1.79. The molecule has 3 nitrogen and oxygen atoms in total. The van der Waals surface area contributed by atoms with Gasteiger partial charge in [0.05, 0.1) is 17.6 Å². The van der Waals surface area contributed by atoms with Gasteiger partial charge < -0.3 is 4.98 Å². The van der Waals surface area contributed by atoms with E-state index in [0.717, 1.165) is 5.82 Å². The third kappa shape index (κ3) is 1.14. The van der Waals surface area contributed by atoms with E-state index in [4.69, 9.17) is 6.57 Å². The van der Waals surface area contributed by atoms with Crippen LogP contribution in [-0.2, 0) is 0 Å². The molecule has 0 saturated carbocycles. The van der Waals surface area contributed by atoms with Gasteiger partial charge in [-0.3, -0.25) is 0 Å². The number of aromatic amines is 1. The Morgan fingerprint density at radius 1 is 1.54 bits per heavy atom. The van der Waals surface area contributed by atoms with Gasteiger partial charge in [0.25, 0.3) is 0 Å². The zero-order valence-corrected chi connectivity index (χ0v) is 6.93. The maximum atomic E-state index is 13.1. The number of aryl methyl sites for hydroxylation is 1. The molecule has 0 aliphatic carbocycles. The first-order valence-electron chi connectivity index (χ1n) is 3.74. The van der Waals surface area contributed by atoms with Crippen LogP contribution in [0, 0.1) is 19.3 Å². The van der Waals surface area contributed by atoms with Crippen molar-refractivity contribution in [3.63, 3.8) is 0 Å². The molecule has 1 aromatic carbocycles. The van der Waals surface area contributed by atoms with Gasteiger partial charge in [-0.05, 0) is 19.1 Å². The highest BCUT2D eigenvalue weighted by Crippen LogP contribution is 2.23. The van der Waals surface area contributed by atoms with Crippen molar-refractivity contribution in [2.24, 2.45) is 0 Å². The van der Waals surface area contributed by atoms with Crippen molar-refractivity contribution in [3.8, 4) is 0 Å². The number of H-pyrrole nitrogens is 1. The minimum absolute atomic E-state index is 0.0242. The van der Waals surface area contributed by atoms with Crippen molar-refractivity contribution in [1.82, 2.24) is 9.97 Å². The van der Waals surface area contributed by atoms with Crippen molar-refractivity contribution >= 4 is 16.7 Å². The summed E-state index contributed by atoms with van der Waals surface area (Å²) in [6.07, 6.45) is 0. The van der Waals surface area contributed by atoms with Gasteiger partial charge in [0.15, 0.2) is 0 Å². The predicted octanol–water partition coefficient (Wildman–Crippen LogP) is 2.56. The zero-order chi connectivity index (χ0) is 9.42. The average molecular weight is 175 g/mol. The maximum absolute atomic E-state index is 13.1. The van der Waals surface area contributed by atoms with Crippen LogP contribution in [0.25, 0.3) is 15.9 Å². The second kappa shape index (κ2) is 2.56. The molecule has 2 rings (SSSR count). The number of aromatic nitrogens is 2. The first kappa shape index (κ1) is 7.74. The smallest absolute Gasteiger partial charge is 0.224 e. The Hall–Kier alpha value is -1.89. The Balaban J connectivity index is 2.82. The lowest BCUT2D eigenvalue weighted by atomic mass is 10.2. The number of hydrogen-bond donors (Lipinski definition) is 1. The predicted molar refractivity (Wildman–Crippen MR) is 47.1 cm³/mol. The molecule has 1 aromatic heterocycles. The van der Waals surface area contributed by atoms with Gasteiger partial charge in [-0.15, -0.1) is 0 Å². The fourth-order valence-corrected chi connectivity index (χ4v) is 1.23. The van der Waals surface area contributed by atoms with Gasteiger partial charge in [0, 0.05) is 0 Å². The van der Waals surface area contributed by atoms with Crippen LogP contribution in [0.2, 0.25) is 0 Å². The van der Waals surface area contributed by atoms with Crippen molar-refractivity contribution in [2.45, 2.75) is 6.92 Å². The van der Waals surface area contributed by atoms with Crippen molar-refractivity contribution in [3.05, 3.63) is 35.2 Å². The van der Waals surface area contributed by atoms with Gasteiger partial charge in [-0.2, -0.15) is 0 Å². The van der Waals surface area contributed by atoms with E-state index in [9.17, 15) is 4.39 Å². The molecule has 0 unspecified atom stereocenters. The Morgan fingerprint density at radius 3 is 3.00 bits per heavy atom. The highest BCUT2D eigenvalue weighted by molar-refractivity contribution is 5.79. The quantitative estimate of drug-likeness (QED) is 0.613. The molecular formula is C9H6FN3. The van der Waals surface area contributed by atoms with E-state index in [0.29, 0.717) is 11.0 Å². The van der Waals surface area contributed by atoms with Crippen molar-refractivity contribution in [1.29, 1.82) is 0 Å². The van der Waals surface area contributed by atoms with E-state index in [1.807, 2.05) is 0 Å². The monoisotopic (exact) mass is 175 g/mol. The number of rotatable bonds is 0. The van der Waals surface area contributed by atoms with Crippen LogP contribution in [0.5, 0.6) is 0 Å². The lowest BCUT2D eigenvalue weighted by molar-refractivity contribution is 0.635. The molecule has 0 radical (unpaired) electrons. The van der Waals surface area contributed by atoms with Gasteiger partial charge in [0.1, 0.15) is 11.6 Å². The summed E-state index contributed by atoms with van der Waals surface area (Å²) in [4.78, 5) is 10.0. The highest BCUT2D eigenvalue weighted by Gasteiger charge is 2.06. The molecule has 13 heavy (non-hydrogen) atoms. The normalized spacial score (nSPS) is 10.2. The highest BCUT2D eigenvalue weighted by atomic mass is 19.1. The number of fused-ring (bicyclic) bond motifs is 1. The number of nitrogens with zero attached hydrogens (tertiary/aromatic N) is 2. The zero-order valence-electron chi connectivity index (χ0n) is 6.93. The van der Waals surface area contributed by atoms with E-state index in [1.54, 1.807) is 6.92 Å². The SMILES string of the molecule is [C-]#[N+]c1cc2[nH]c(C)nc2cc1F. The molecule has 0 bridgehead atoms. The van der Waals surface area contributed by atoms with Gasteiger partial charge in [-0.25, -0.2) is 14.2 Å². The summed E-state index contributed by atoms with van der Waals surface area (Å²) in [6, 6.07) is 2.74. The summed E-state index contributed by atoms with van der Waals surface area (Å²) < 4.78 is 13.1. The largest absolute Gasteiger partial charge is 0.343 e. The summed E-state index contributed by atoms with van der Waals surface area (Å²) in [6.45, 7) is 8.50. The number of halogens is 1. The lowest BCUT2D eigenvalue weighted by Crippen LogP contribution is -1.75. The molecule has 4 heteroatoms. The molecule has 2 aromatic rings. The van der Waals surface area contributed by atoms with Crippen LogP contribution < -0.4 is 0 Å². The molecule has 0 aliphatic heterocycles. The van der Waals surface area contributed by atoms with Gasteiger partial charge in [-0.1, -0.05) is 0 Å². The van der Waals surface area contributed by atoms with Crippen LogP contribution in [0.1, 0.15) is 5.82 Å². The minimum Gasteiger partial charge on any atom is -0.343 e. The topological polar surface area (TPSA) is 33.0 Å². The fraction of sp³-hybridized carbons (Fsp3) is 0.111. The molecule has 0 amide bonds. The van der Waals surface area contributed by atoms with E-state index in [1.165, 1.54) is 12.1 Å². The third-order valence-electron chi connectivity index (χ3n) is 1.79. The number of benzene rings is 1. The molecule has 0 atom stereocenters. The van der Waals surface area contributed by atoms with E-state index in [-0.39, 0.29) is 5.69 Å². The lowest BCUT2D eigenvalue weighted by Gasteiger charge is -1.92. The van der Waals surface area contributed by atoms with E-state index < -0.39 is 5.82 Å². The fourth-order valence-electron chi connectivity index (χ4n) is 1.23. The summed E-state index contributed by atoms with van der Waals surface area (Å²) in [5.74, 6) is 0.200. The summed E-state index contributed by atoms with van der Waals surface area (Å²) in [7, 11) is 0. The minimum atomic E-state index is -0.519. The van der Waals surface area contributed by atoms with Gasteiger partial charge in [0.2, 0.25) is 5.69 Å².